The third kappa shape index (κ3) is 5.31. The van der Waals surface area contributed by atoms with Crippen molar-refractivity contribution >= 4 is 25.9 Å². The predicted octanol–water partition coefficient (Wildman–Crippen LogP) is 4.12. The molecule has 4 nitrogen and oxygen atoms in total. The van der Waals surface area contributed by atoms with E-state index in [1.165, 1.54) is 32.1 Å². The lowest BCUT2D eigenvalue weighted by molar-refractivity contribution is -0.153. The van der Waals surface area contributed by atoms with E-state index in [1.54, 1.807) is 11.8 Å². The zero-order valence-electron chi connectivity index (χ0n) is 15.8. The number of aliphatic hydroxyl groups is 1. The molecule has 3 atom stereocenters. The van der Waals surface area contributed by atoms with Crippen LogP contribution in [0.5, 0.6) is 0 Å². The van der Waals surface area contributed by atoms with Crippen molar-refractivity contribution in [1.29, 1.82) is 0 Å². The van der Waals surface area contributed by atoms with Crippen molar-refractivity contribution in [2.24, 2.45) is 0 Å². The summed E-state index contributed by atoms with van der Waals surface area (Å²) in [5.41, 5.74) is -0.128. The summed E-state index contributed by atoms with van der Waals surface area (Å²) in [6.45, 7) is 11.2. The molecule has 1 saturated heterocycles. The number of Topliss-reactive ketones (excluding diaryl/α,β-unsaturated/α-hetero) is 1. The number of hydrogen-bond donors (Lipinski definition) is 1. The molecule has 0 aromatic heterocycles. The van der Waals surface area contributed by atoms with E-state index < -0.39 is 20.5 Å². The first-order valence-electron chi connectivity index (χ1n) is 9.26. The van der Waals surface area contributed by atoms with Crippen LogP contribution in [0.15, 0.2) is 0 Å². The summed E-state index contributed by atoms with van der Waals surface area (Å²) in [6, 6.07) is 0. The number of rotatable bonds is 5. The molecule has 1 heterocycles. The Morgan fingerprint density at radius 2 is 1.88 bits per heavy atom. The molecule has 1 aliphatic carbocycles. The first-order chi connectivity index (χ1) is 11.1. The maximum absolute atomic E-state index is 12.2. The Kier molecular flexibility index (Phi) is 6.99. The van der Waals surface area contributed by atoms with Crippen LogP contribution in [0.3, 0.4) is 0 Å². The van der Waals surface area contributed by atoms with Gasteiger partial charge in [0.2, 0.25) is 0 Å². The van der Waals surface area contributed by atoms with Crippen LogP contribution in [0.2, 0.25) is 18.1 Å². The van der Waals surface area contributed by atoms with Crippen LogP contribution in [0.25, 0.3) is 0 Å². The van der Waals surface area contributed by atoms with E-state index in [4.69, 9.17) is 9.16 Å². The summed E-state index contributed by atoms with van der Waals surface area (Å²) in [4.78, 5) is 12.2. The Hall–Kier alpha value is 0.117. The minimum Gasteiger partial charge on any atom is -0.414 e. The monoisotopic (exact) mass is 374 g/mol. The third-order valence-electron chi connectivity index (χ3n) is 5.69. The quantitative estimate of drug-likeness (QED) is 0.734. The second-order valence-corrected chi connectivity index (χ2v) is 15.0. The lowest BCUT2D eigenvalue weighted by atomic mass is 10.0. The smallest absolute Gasteiger partial charge is 0.192 e. The molecule has 24 heavy (non-hydrogen) atoms. The fourth-order valence-electron chi connectivity index (χ4n) is 2.94. The predicted molar refractivity (Wildman–Crippen MR) is 102 cm³/mol. The third-order valence-corrected chi connectivity index (χ3v) is 11.6. The second kappa shape index (κ2) is 8.21. The highest BCUT2D eigenvalue weighted by molar-refractivity contribution is 8.00. The Morgan fingerprint density at radius 1 is 1.25 bits per heavy atom. The number of hydrogen-bond acceptors (Lipinski definition) is 5. The highest BCUT2D eigenvalue weighted by Gasteiger charge is 2.42. The Bertz CT molecular complexity index is 429. The van der Waals surface area contributed by atoms with E-state index in [0.29, 0.717) is 18.3 Å². The maximum atomic E-state index is 12.2. The van der Waals surface area contributed by atoms with Crippen molar-refractivity contribution in [2.45, 2.75) is 100 Å². The number of ketones is 1. The average molecular weight is 375 g/mol. The van der Waals surface area contributed by atoms with Gasteiger partial charge in [-0.15, -0.1) is 11.8 Å². The summed E-state index contributed by atoms with van der Waals surface area (Å²) in [5, 5.41) is 10.9. The molecule has 0 aromatic carbocycles. The Morgan fingerprint density at radius 3 is 2.46 bits per heavy atom. The van der Waals surface area contributed by atoms with E-state index >= 15 is 0 Å². The van der Waals surface area contributed by atoms with Crippen LogP contribution in [0, 0.1) is 0 Å². The van der Waals surface area contributed by atoms with Gasteiger partial charge >= 0.3 is 0 Å². The lowest BCUT2D eigenvalue weighted by Crippen LogP contribution is -2.50. The van der Waals surface area contributed by atoms with E-state index in [2.05, 4.69) is 33.9 Å². The molecule has 0 bridgehead atoms. The maximum Gasteiger partial charge on any atom is 0.192 e. The van der Waals surface area contributed by atoms with E-state index in [-0.39, 0.29) is 16.3 Å². The molecular weight excluding hydrogens is 340 g/mol. The second-order valence-electron chi connectivity index (χ2n) is 8.69. The van der Waals surface area contributed by atoms with Gasteiger partial charge in [0.15, 0.2) is 14.1 Å². The number of carbonyl (C=O) groups is 1. The molecule has 140 valence electrons. The molecule has 1 saturated carbocycles. The fraction of sp³-hybridized carbons (Fsp3) is 0.944. The van der Waals surface area contributed by atoms with Gasteiger partial charge in [0.1, 0.15) is 17.6 Å². The summed E-state index contributed by atoms with van der Waals surface area (Å²) < 4.78 is 12.3. The standard InChI is InChI=1S/C18H34O4SSi/c1-18(2,3)24(4,5)21-12-15-17(20)14(19)11-16(22-15)23-13-9-7-6-8-10-13/h13,15-17,20H,6-12H2,1-5H3/t15-,16-,17+/m1/s1. The number of thioether (sulfide) groups is 1. The minimum atomic E-state index is -1.91. The lowest BCUT2D eigenvalue weighted by Gasteiger charge is -2.40. The van der Waals surface area contributed by atoms with Crippen LogP contribution < -0.4 is 0 Å². The molecule has 6 heteroatoms. The van der Waals surface area contributed by atoms with Gasteiger partial charge in [-0.1, -0.05) is 40.0 Å². The molecule has 2 aliphatic rings. The molecule has 0 unspecified atom stereocenters. The average Bonchev–Trinajstić information content (AvgIpc) is 2.49. The topological polar surface area (TPSA) is 55.8 Å². The molecule has 0 aromatic rings. The molecule has 0 spiro atoms. The summed E-state index contributed by atoms with van der Waals surface area (Å²) in [5.74, 6) is -0.0987. The molecule has 0 radical (unpaired) electrons. The number of aliphatic hydroxyl groups excluding tert-OH is 1. The van der Waals surface area contributed by atoms with Gasteiger partial charge in [-0.05, 0) is 31.0 Å². The van der Waals surface area contributed by atoms with Gasteiger partial charge in [-0.2, -0.15) is 0 Å². The van der Waals surface area contributed by atoms with Crippen LogP contribution >= 0.6 is 11.8 Å². The van der Waals surface area contributed by atoms with Crippen LogP contribution in [-0.4, -0.2) is 48.7 Å². The Labute approximate surface area is 152 Å². The van der Waals surface area contributed by atoms with Crippen LogP contribution in [0.4, 0.5) is 0 Å². The number of carbonyl (C=O) groups excluding carboxylic acids is 1. The van der Waals surface area contributed by atoms with Crippen LogP contribution in [-0.2, 0) is 14.0 Å². The summed E-state index contributed by atoms with van der Waals surface area (Å²) in [7, 11) is -1.91. The van der Waals surface area contributed by atoms with Crippen LogP contribution in [0.1, 0.15) is 59.3 Å². The van der Waals surface area contributed by atoms with Gasteiger partial charge in [0.05, 0.1) is 6.61 Å². The SMILES string of the molecule is CC(C)(C)[Si](C)(C)OC[C@H]1O[C@H](SC2CCCCC2)CC(=O)[C@@H]1O. The van der Waals surface area contributed by atoms with Crippen molar-refractivity contribution in [3.8, 4) is 0 Å². The minimum absolute atomic E-state index is 0.0987. The van der Waals surface area contributed by atoms with Gasteiger partial charge in [-0.25, -0.2) is 0 Å². The van der Waals surface area contributed by atoms with Crippen molar-refractivity contribution in [3.05, 3.63) is 0 Å². The van der Waals surface area contributed by atoms with Crippen molar-refractivity contribution in [2.75, 3.05) is 6.61 Å². The molecule has 1 aliphatic heterocycles. The van der Waals surface area contributed by atoms with Crippen molar-refractivity contribution < 1.29 is 19.1 Å². The number of ether oxygens (including phenoxy) is 1. The largest absolute Gasteiger partial charge is 0.414 e. The molecular formula is C18H34O4SSi. The zero-order valence-corrected chi connectivity index (χ0v) is 17.7. The summed E-state index contributed by atoms with van der Waals surface area (Å²) in [6.07, 6.45) is 5.05. The normalized spacial score (nSPS) is 30.6. The summed E-state index contributed by atoms with van der Waals surface area (Å²) >= 11 is 1.79. The van der Waals surface area contributed by atoms with Gasteiger partial charge in [0, 0.05) is 11.7 Å². The molecule has 1 N–H and O–H groups in total. The fourth-order valence-corrected chi connectivity index (χ4v) is 5.46. The molecule has 0 amide bonds. The van der Waals surface area contributed by atoms with E-state index in [1.807, 2.05) is 0 Å². The highest BCUT2D eigenvalue weighted by atomic mass is 32.2. The van der Waals surface area contributed by atoms with E-state index in [9.17, 15) is 9.90 Å². The molecule has 2 rings (SSSR count). The van der Waals surface area contributed by atoms with Gasteiger partial charge in [-0.3, -0.25) is 4.79 Å². The van der Waals surface area contributed by atoms with Gasteiger partial charge in [0.25, 0.3) is 0 Å². The zero-order chi connectivity index (χ0) is 18.0. The van der Waals surface area contributed by atoms with Crippen molar-refractivity contribution in [1.82, 2.24) is 0 Å². The first kappa shape index (κ1) is 20.4. The van der Waals surface area contributed by atoms with E-state index in [0.717, 1.165) is 0 Å². The van der Waals surface area contributed by atoms with Gasteiger partial charge < -0.3 is 14.3 Å². The van der Waals surface area contributed by atoms with Crippen molar-refractivity contribution in [3.63, 3.8) is 0 Å². The highest BCUT2D eigenvalue weighted by Crippen LogP contribution is 2.38. The Balaban J connectivity index is 1.91. The molecule has 2 fully saturated rings. The first-order valence-corrected chi connectivity index (χ1v) is 13.1.